The molecule has 1 aliphatic carbocycles. The van der Waals surface area contributed by atoms with Crippen molar-refractivity contribution >= 4 is 17.5 Å². The summed E-state index contributed by atoms with van der Waals surface area (Å²) in [5.41, 5.74) is 1.38. The van der Waals surface area contributed by atoms with Gasteiger partial charge in [0.25, 0.3) is 0 Å². The maximum atomic E-state index is 13.3. The Morgan fingerprint density at radius 2 is 1.47 bits per heavy atom. The SMILES string of the molecule is CCCCCCCCOc1ccc(C2=CCC(C(=O)O)(c3ccccc3C(=O)OC(C)CCCCCCCC)C=C2)cc1. The van der Waals surface area contributed by atoms with E-state index in [4.69, 9.17) is 9.47 Å². The smallest absolute Gasteiger partial charge is 0.338 e. The van der Waals surface area contributed by atoms with Crippen LogP contribution in [0.3, 0.4) is 0 Å². The molecule has 0 amide bonds. The Balaban J connectivity index is 1.61. The third-order valence-corrected chi connectivity index (χ3v) is 8.43. The molecule has 0 radical (unpaired) electrons. The first-order chi connectivity index (χ1) is 20.9. The van der Waals surface area contributed by atoms with Crippen LogP contribution in [0.15, 0.2) is 66.8 Å². The summed E-state index contributed by atoms with van der Waals surface area (Å²) in [7, 11) is 0. The van der Waals surface area contributed by atoms with Gasteiger partial charge >= 0.3 is 11.9 Å². The number of hydrogen-bond acceptors (Lipinski definition) is 4. The van der Waals surface area contributed by atoms with Gasteiger partial charge in [0, 0.05) is 0 Å². The van der Waals surface area contributed by atoms with E-state index in [0.717, 1.165) is 49.2 Å². The second-order valence-corrected chi connectivity index (χ2v) is 11.9. The zero-order valence-corrected chi connectivity index (χ0v) is 26.6. The molecule has 234 valence electrons. The van der Waals surface area contributed by atoms with Gasteiger partial charge < -0.3 is 14.6 Å². The van der Waals surface area contributed by atoms with Crippen LogP contribution in [0, 0.1) is 0 Å². The van der Waals surface area contributed by atoms with Gasteiger partial charge in [0.1, 0.15) is 11.2 Å². The van der Waals surface area contributed by atoms with E-state index in [0.29, 0.717) is 11.1 Å². The Morgan fingerprint density at radius 3 is 2.09 bits per heavy atom. The number of carboxylic acid groups (broad SMARTS) is 1. The van der Waals surface area contributed by atoms with E-state index in [2.05, 4.69) is 13.8 Å². The van der Waals surface area contributed by atoms with Crippen molar-refractivity contribution in [2.45, 2.75) is 122 Å². The third-order valence-electron chi connectivity index (χ3n) is 8.43. The molecule has 0 bridgehead atoms. The van der Waals surface area contributed by atoms with Crippen molar-refractivity contribution in [3.8, 4) is 5.75 Å². The molecule has 0 spiro atoms. The summed E-state index contributed by atoms with van der Waals surface area (Å²) >= 11 is 0. The van der Waals surface area contributed by atoms with Crippen LogP contribution in [0.2, 0.25) is 0 Å². The van der Waals surface area contributed by atoms with Gasteiger partial charge in [0.15, 0.2) is 0 Å². The predicted octanol–water partition coefficient (Wildman–Crippen LogP) is 10.1. The minimum atomic E-state index is -1.35. The number of carbonyl (C=O) groups is 2. The van der Waals surface area contributed by atoms with Gasteiger partial charge in [-0.3, -0.25) is 4.79 Å². The number of ether oxygens (including phenoxy) is 2. The van der Waals surface area contributed by atoms with Gasteiger partial charge in [-0.05, 0) is 67.5 Å². The van der Waals surface area contributed by atoms with Crippen molar-refractivity contribution < 1.29 is 24.2 Å². The molecule has 0 heterocycles. The highest BCUT2D eigenvalue weighted by Gasteiger charge is 2.41. The molecular weight excluding hydrogens is 536 g/mol. The molecule has 5 heteroatoms. The molecule has 0 aliphatic heterocycles. The van der Waals surface area contributed by atoms with E-state index in [1.807, 2.05) is 43.3 Å². The molecule has 5 nitrogen and oxygen atoms in total. The van der Waals surface area contributed by atoms with E-state index in [1.165, 1.54) is 57.8 Å². The fourth-order valence-electron chi connectivity index (χ4n) is 5.71. The molecule has 2 atom stereocenters. The highest BCUT2D eigenvalue weighted by molar-refractivity contribution is 5.97. The maximum Gasteiger partial charge on any atom is 0.338 e. The first-order valence-electron chi connectivity index (χ1n) is 16.6. The quantitative estimate of drug-likeness (QED) is 0.123. The van der Waals surface area contributed by atoms with Crippen molar-refractivity contribution in [1.29, 1.82) is 0 Å². The lowest BCUT2D eigenvalue weighted by molar-refractivity contribution is -0.141. The van der Waals surface area contributed by atoms with Crippen LogP contribution in [0.5, 0.6) is 5.75 Å². The van der Waals surface area contributed by atoms with Crippen LogP contribution in [0.4, 0.5) is 0 Å². The summed E-state index contributed by atoms with van der Waals surface area (Å²) in [5, 5.41) is 10.4. The predicted molar refractivity (Wildman–Crippen MR) is 176 cm³/mol. The molecule has 0 fully saturated rings. The largest absolute Gasteiger partial charge is 0.494 e. The number of hydrogen-bond donors (Lipinski definition) is 1. The third kappa shape index (κ3) is 10.4. The Labute approximate surface area is 259 Å². The van der Waals surface area contributed by atoms with Crippen molar-refractivity contribution in [3.05, 3.63) is 83.4 Å². The number of carboxylic acids is 1. The standard InChI is InChI=1S/C38H52O5/c1-4-6-8-10-12-14-18-30(3)43-36(39)34-19-15-16-20-35(34)38(37(40)41)27-25-32(26-28-38)31-21-23-33(24-22-31)42-29-17-13-11-9-7-5-2/h15-16,19-27,30H,4-14,17-18,28-29H2,1-3H3,(H,40,41). The Morgan fingerprint density at radius 1 is 0.837 bits per heavy atom. The lowest BCUT2D eigenvalue weighted by atomic mass is 9.72. The summed E-state index contributed by atoms with van der Waals surface area (Å²) < 4.78 is 11.7. The number of rotatable bonds is 20. The van der Waals surface area contributed by atoms with Crippen LogP contribution in [0.1, 0.15) is 132 Å². The topological polar surface area (TPSA) is 72.8 Å². The summed E-state index contributed by atoms with van der Waals surface area (Å²) in [5.74, 6) is -0.608. The van der Waals surface area contributed by atoms with Crippen LogP contribution >= 0.6 is 0 Å². The van der Waals surface area contributed by atoms with Crippen molar-refractivity contribution in [3.63, 3.8) is 0 Å². The van der Waals surface area contributed by atoms with E-state index < -0.39 is 17.4 Å². The number of benzene rings is 2. The fraction of sp³-hybridized carbons (Fsp3) is 0.526. The second-order valence-electron chi connectivity index (χ2n) is 11.9. The molecule has 2 unspecified atom stereocenters. The van der Waals surface area contributed by atoms with Crippen molar-refractivity contribution in [1.82, 2.24) is 0 Å². The zero-order valence-electron chi connectivity index (χ0n) is 26.6. The van der Waals surface area contributed by atoms with Gasteiger partial charge in [-0.15, -0.1) is 0 Å². The average Bonchev–Trinajstić information content (AvgIpc) is 3.02. The lowest BCUT2D eigenvalue weighted by Gasteiger charge is -2.30. The average molecular weight is 589 g/mol. The Hall–Kier alpha value is -3.34. The molecule has 0 saturated carbocycles. The number of esters is 1. The molecule has 2 aromatic rings. The molecule has 1 aliphatic rings. The van der Waals surface area contributed by atoms with Crippen LogP contribution in [-0.2, 0) is 14.9 Å². The highest BCUT2D eigenvalue weighted by Crippen LogP contribution is 2.39. The van der Waals surface area contributed by atoms with Gasteiger partial charge in [0.2, 0.25) is 0 Å². The summed E-state index contributed by atoms with van der Waals surface area (Å²) in [6.07, 6.45) is 20.8. The molecule has 43 heavy (non-hydrogen) atoms. The Kier molecular flexibility index (Phi) is 14.6. The normalized spacial score (nSPS) is 16.9. The first-order valence-corrected chi connectivity index (χ1v) is 16.6. The van der Waals surface area contributed by atoms with Crippen LogP contribution in [0.25, 0.3) is 5.57 Å². The molecule has 1 N–H and O–H groups in total. The van der Waals surface area contributed by atoms with E-state index in [1.54, 1.807) is 30.3 Å². The number of aliphatic carboxylic acids is 1. The molecule has 2 aromatic carbocycles. The maximum absolute atomic E-state index is 13.3. The summed E-state index contributed by atoms with van der Waals surface area (Å²) in [6.45, 7) is 7.07. The lowest BCUT2D eigenvalue weighted by Crippen LogP contribution is -2.36. The van der Waals surface area contributed by atoms with Crippen molar-refractivity contribution in [2.24, 2.45) is 0 Å². The van der Waals surface area contributed by atoms with Gasteiger partial charge in [0.05, 0.1) is 18.3 Å². The summed E-state index contributed by atoms with van der Waals surface area (Å²) in [4.78, 5) is 26.0. The Bertz CT molecular complexity index is 1200. The zero-order chi connectivity index (χ0) is 30.9. The second kappa shape index (κ2) is 18.4. The van der Waals surface area contributed by atoms with Gasteiger partial charge in [-0.1, -0.05) is 127 Å². The van der Waals surface area contributed by atoms with E-state index >= 15 is 0 Å². The number of unbranched alkanes of at least 4 members (excludes halogenated alkanes) is 10. The molecule has 3 rings (SSSR count). The monoisotopic (exact) mass is 588 g/mol. The minimum Gasteiger partial charge on any atom is -0.494 e. The van der Waals surface area contributed by atoms with Gasteiger partial charge in [-0.2, -0.15) is 0 Å². The minimum absolute atomic E-state index is 0.223. The fourth-order valence-corrected chi connectivity index (χ4v) is 5.71. The van der Waals surface area contributed by atoms with Crippen molar-refractivity contribution in [2.75, 3.05) is 6.61 Å². The molecule has 0 saturated heterocycles. The molecule has 0 aromatic heterocycles. The number of carbonyl (C=O) groups excluding carboxylic acids is 1. The van der Waals surface area contributed by atoms with Crippen LogP contribution in [-0.4, -0.2) is 29.8 Å². The highest BCUT2D eigenvalue weighted by atomic mass is 16.5. The summed E-state index contributed by atoms with van der Waals surface area (Å²) in [6, 6.07) is 14.9. The van der Waals surface area contributed by atoms with E-state index in [9.17, 15) is 14.7 Å². The number of allylic oxidation sites excluding steroid dienone is 3. The molecular formula is C38H52O5. The van der Waals surface area contributed by atoms with Crippen LogP contribution < -0.4 is 4.74 Å². The van der Waals surface area contributed by atoms with Gasteiger partial charge in [-0.25, -0.2) is 4.79 Å². The first kappa shape index (κ1) is 34.2. The van der Waals surface area contributed by atoms with E-state index in [-0.39, 0.29) is 12.5 Å².